The second kappa shape index (κ2) is 4.99. The summed E-state index contributed by atoms with van der Waals surface area (Å²) in [7, 11) is 1.92. The van der Waals surface area contributed by atoms with Gasteiger partial charge in [0, 0.05) is 52.0 Å². The van der Waals surface area contributed by atoms with Gasteiger partial charge < -0.3 is 14.7 Å². The van der Waals surface area contributed by atoms with Gasteiger partial charge in [0.25, 0.3) is 0 Å². The molecule has 1 fully saturated rings. The van der Waals surface area contributed by atoms with Crippen molar-refractivity contribution in [3.63, 3.8) is 0 Å². The zero-order valence-electron chi connectivity index (χ0n) is 11.8. The normalized spacial score (nSPS) is 18.4. The molecule has 0 radical (unpaired) electrons. The lowest BCUT2D eigenvalue weighted by atomic mass is 9.94. The van der Waals surface area contributed by atoms with Gasteiger partial charge in [-0.15, -0.1) is 10.2 Å². The number of anilines is 1. The maximum absolute atomic E-state index is 10.6. The number of likely N-dealkylation sites (N-methyl/N-ethyl adjacent to an activating group) is 1. The minimum atomic E-state index is -0.726. The highest BCUT2D eigenvalue weighted by Crippen LogP contribution is 2.24. The van der Waals surface area contributed by atoms with Gasteiger partial charge in [-0.05, 0) is 6.92 Å². The van der Waals surface area contributed by atoms with E-state index in [4.69, 9.17) is 4.74 Å². The third kappa shape index (κ3) is 2.34. The summed E-state index contributed by atoms with van der Waals surface area (Å²) in [4.78, 5) is 6.32. The zero-order valence-corrected chi connectivity index (χ0v) is 11.8. The molecule has 0 bridgehead atoms. The van der Waals surface area contributed by atoms with Crippen LogP contribution in [0.25, 0.3) is 5.65 Å². The van der Waals surface area contributed by atoms with E-state index in [1.54, 1.807) is 6.20 Å². The molecule has 1 aliphatic rings. The number of nitrogens with zero attached hydrogens (tertiary/aromatic N) is 5. The highest BCUT2D eigenvalue weighted by Gasteiger charge is 2.32. The summed E-state index contributed by atoms with van der Waals surface area (Å²) in [5.41, 5.74) is -0.0144. The van der Waals surface area contributed by atoms with Crippen molar-refractivity contribution in [1.29, 1.82) is 0 Å². The van der Waals surface area contributed by atoms with Crippen LogP contribution in [0.3, 0.4) is 0 Å². The molecule has 7 nitrogen and oxygen atoms in total. The minimum absolute atomic E-state index is 0.509. The van der Waals surface area contributed by atoms with Crippen LogP contribution >= 0.6 is 0 Å². The van der Waals surface area contributed by atoms with Crippen molar-refractivity contribution in [3.8, 4) is 0 Å². The standard InChI is InChI=1S/C13H19N5O2/c1-10-15-16-12-11(14-5-6-18(10)12)17(2)9-13(19)3-7-20-8-4-13/h5-6,19H,3-4,7-9H2,1-2H3. The van der Waals surface area contributed by atoms with Crippen LogP contribution in [0.1, 0.15) is 18.7 Å². The smallest absolute Gasteiger partial charge is 0.203 e. The minimum Gasteiger partial charge on any atom is -0.388 e. The van der Waals surface area contributed by atoms with Gasteiger partial charge in [0.15, 0.2) is 5.82 Å². The van der Waals surface area contributed by atoms with Crippen molar-refractivity contribution in [3.05, 3.63) is 18.2 Å². The lowest BCUT2D eigenvalue weighted by molar-refractivity contribution is -0.0573. The number of hydrogen-bond acceptors (Lipinski definition) is 6. The molecular weight excluding hydrogens is 258 g/mol. The third-order valence-corrected chi connectivity index (χ3v) is 3.80. The largest absolute Gasteiger partial charge is 0.388 e. The number of ether oxygens (including phenoxy) is 1. The Morgan fingerprint density at radius 1 is 1.40 bits per heavy atom. The van der Waals surface area contributed by atoms with Crippen LogP contribution < -0.4 is 4.90 Å². The molecule has 2 aromatic heterocycles. The summed E-state index contributed by atoms with van der Waals surface area (Å²) in [5, 5.41) is 18.8. The van der Waals surface area contributed by atoms with Gasteiger partial charge >= 0.3 is 0 Å². The molecule has 2 aromatic rings. The van der Waals surface area contributed by atoms with Gasteiger partial charge in [-0.1, -0.05) is 0 Å². The zero-order chi connectivity index (χ0) is 14.2. The Balaban J connectivity index is 1.87. The molecule has 0 saturated carbocycles. The number of hydrogen-bond donors (Lipinski definition) is 1. The quantitative estimate of drug-likeness (QED) is 0.876. The number of fused-ring (bicyclic) bond motifs is 1. The van der Waals surface area contributed by atoms with Crippen molar-refractivity contribution in [2.24, 2.45) is 0 Å². The highest BCUT2D eigenvalue weighted by atomic mass is 16.5. The molecule has 0 spiro atoms. The number of aliphatic hydroxyl groups is 1. The van der Waals surface area contributed by atoms with E-state index in [1.165, 1.54) is 0 Å². The first kappa shape index (κ1) is 13.3. The second-order valence-corrected chi connectivity index (χ2v) is 5.38. The first-order chi connectivity index (χ1) is 9.59. The lowest BCUT2D eigenvalue weighted by Crippen LogP contribution is -2.46. The predicted molar refractivity (Wildman–Crippen MR) is 73.8 cm³/mol. The Hall–Kier alpha value is -1.73. The van der Waals surface area contributed by atoms with Gasteiger partial charge in [0.1, 0.15) is 5.82 Å². The summed E-state index contributed by atoms with van der Waals surface area (Å²) in [6, 6.07) is 0. The average molecular weight is 277 g/mol. The van der Waals surface area contributed by atoms with Crippen molar-refractivity contribution >= 4 is 11.5 Å². The summed E-state index contributed by atoms with van der Waals surface area (Å²) in [6.07, 6.45) is 4.85. The van der Waals surface area contributed by atoms with Crippen LogP contribution in [0.4, 0.5) is 5.82 Å². The molecule has 0 unspecified atom stereocenters. The summed E-state index contributed by atoms with van der Waals surface area (Å²) in [5.74, 6) is 1.55. The van der Waals surface area contributed by atoms with E-state index >= 15 is 0 Å². The first-order valence-corrected chi connectivity index (χ1v) is 6.77. The maximum Gasteiger partial charge on any atom is 0.203 e. The molecule has 1 aliphatic heterocycles. The number of rotatable bonds is 3. The predicted octanol–water partition coefficient (Wildman–Crippen LogP) is 0.410. The fourth-order valence-electron chi connectivity index (χ4n) is 2.62. The van der Waals surface area contributed by atoms with Crippen LogP contribution in [0.2, 0.25) is 0 Å². The van der Waals surface area contributed by atoms with Crippen LogP contribution in [0.15, 0.2) is 12.4 Å². The van der Waals surface area contributed by atoms with Gasteiger partial charge in [0.05, 0.1) is 5.60 Å². The molecule has 0 atom stereocenters. The molecule has 0 aromatic carbocycles. The van der Waals surface area contributed by atoms with E-state index in [0.717, 1.165) is 11.6 Å². The monoisotopic (exact) mass is 277 g/mol. The summed E-state index contributed by atoms with van der Waals surface area (Å²) >= 11 is 0. The van der Waals surface area contributed by atoms with Crippen molar-refractivity contribution in [2.45, 2.75) is 25.4 Å². The Morgan fingerprint density at radius 3 is 2.90 bits per heavy atom. The van der Waals surface area contributed by atoms with Crippen molar-refractivity contribution in [1.82, 2.24) is 19.6 Å². The Kier molecular flexibility index (Phi) is 3.31. The topological polar surface area (TPSA) is 75.8 Å². The second-order valence-electron chi connectivity index (χ2n) is 5.38. The molecule has 7 heteroatoms. The molecule has 108 valence electrons. The van der Waals surface area contributed by atoms with Crippen molar-refractivity contribution < 1.29 is 9.84 Å². The molecular formula is C13H19N5O2. The van der Waals surface area contributed by atoms with Crippen LogP contribution in [0.5, 0.6) is 0 Å². The highest BCUT2D eigenvalue weighted by molar-refractivity contribution is 5.63. The average Bonchev–Trinajstić information content (AvgIpc) is 2.81. The molecule has 1 N–H and O–H groups in total. The van der Waals surface area contributed by atoms with E-state index in [0.29, 0.717) is 38.2 Å². The molecule has 1 saturated heterocycles. The van der Waals surface area contributed by atoms with Gasteiger partial charge in [-0.25, -0.2) is 4.98 Å². The van der Waals surface area contributed by atoms with Crippen LogP contribution in [-0.2, 0) is 4.74 Å². The Morgan fingerprint density at radius 2 is 2.15 bits per heavy atom. The maximum atomic E-state index is 10.6. The summed E-state index contributed by atoms with van der Waals surface area (Å²) < 4.78 is 7.20. The molecule has 20 heavy (non-hydrogen) atoms. The van der Waals surface area contributed by atoms with Crippen molar-refractivity contribution in [2.75, 3.05) is 31.7 Å². The summed E-state index contributed by atoms with van der Waals surface area (Å²) in [6.45, 7) is 3.61. The van der Waals surface area contributed by atoms with E-state index in [-0.39, 0.29) is 0 Å². The molecule has 0 amide bonds. The van der Waals surface area contributed by atoms with Crippen LogP contribution in [0, 0.1) is 6.92 Å². The molecule has 0 aliphatic carbocycles. The third-order valence-electron chi connectivity index (χ3n) is 3.80. The van der Waals surface area contributed by atoms with E-state index in [1.807, 2.05) is 29.5 Å². The van der Waals surface area contributed by atoms with E-state index < -0.39 is 5.60 Å². The number of aromatic nitrogens is 4. The Bertz CT molecular complexity index is 606. The SMILES string of the molecule is Cc1nnc2c(N(C)CC3(O)CCOCC3)nccn12. The van der Waals surface area contributed by atoms with Gasteiger partial charge in [-0.2, -0.15) is 0 Å². The molecule has 3 rings (SSSR count). The van der Waals surface area contributed by atoms with Crippen LogP contribution in [-0.4, -0.2) is 57.1 Å². The first-order valence-electron chi connectivity index (χ1n) is 6.77. The lowest BCUT2D eigenvalue weighted by Gasteiger charge is -2.35. The van der Waals surface area contributed by atoms with E-state index in [2.05, 4.69) is 15.2 Å². The van der Waals surface area contributed by atoms with Gasteiger partial charge in [0.2, 0.25) is 5.65 Å². The Labute approximate surface area is 117 Å². The fourth-order valence-corrected chi connectivity index (χ4v) is 2.62. The fraction of sp³-hybridized carbons (Fsp3) is 0.615. The molecule has 3 heterocycles. The van der Waals surface area contributed by atoms with Gasteiger partial charge in [-0.3, -0.25) is 4.40 Å². The van der Waals surface area contributed by atoms with E-state index in [9.17, 15) is 5.11 Å². The number of aryl methyl sites for hydroxylation is 1.